The lowest BCUT2D eigenvalue weighted by Gasteiger charge is -2.07. The predicted molar refractivity (Wildman–Crippen MR) is 79.7 cm³/mol. The number of hydrogen-bond acceptors (Lipinski definition) is 5. The van der Waals surface area contributed by atoms with Gasteiger partial charge in [-0.15, -0.1) is 0 Å². The minimum Gasteiger partial charge on any atom is -0.381 e. The minimum absolute atomic E-state index is 0.0296. The van der Waals surface area contributed by atoms with Gasteiger partial charge in [-0.05, 0) is 34.5 Å². The molecule has 20 heavy (non-hydrogen) atoms. The standard InChI is InChI=1S/C11H14BrN5O2S/c1-2-6-17-7-9(10(13)15-17)20(18,19)16-11-8(12)4-3-5-14-11/h3-5,7H,2,6H2,1H3,(H2,13,15)(H,14,16). The second kappa shape index (κ2) is 5.80. The quantitative estimate of drug-likeness (QED) is 0.847. The Labute approximate surface area is 125 Å². The Bertz CT molecular complexity index is 713. The Balaban J connectivity index is 2.33. The van der Waals surface area contributed by atoms with Crippen LogP contribution in [0.1, 0.15) is 13.3 Å². The van der Waals surface area contributed by atoms with E-state index in [1.165, 1.54) is 17.1 Å². The van der Waals surface area contributed by atoms with E-state index in [0.29, 0.717) is 11.0 Å². The van der Waals surface area contributed by atoms with Crippen molar-refractivity contribution in [3.8, 4) is 0 Å². The molecule has 108 valence electrons. The fourth-order valence-electron chi connectivity index (χ4n) is 1.61. The molecule has 2 rings (SSSR count). The second-order valence-electron chi connectivity index (χ2n) is 4.08. The highest BCUT2D eigenvalue weighted by Gasteiger charge is 2.22. The Morgan fingerprint density at radius 2 is 2.25 bits per heavy atom. The van der Waals surface area contributed by atoms with Gasteiger partial charge < -0.3 is 5.73 Å². The van der Waals surface area contributed by atoms with Crippen LogP contribution in [0.4, 0.5) is 11.6 Å². The Morgan fingerprint density at radius 1 is 1.50 bits per heavy atom. The molecule has 0 aromatic carbocycles. The van der Waals surface area contributed by atoms with Gasteiger partial charge in [0.05, 0.1) is 4.47 Å². The van der Waals surface area contributed by atoms with Gasteiger partial charge >= 0.3 is 0 Å². The lowest BCUT2D eigenvalue weighted by atomic mass is 10.5. The minimum atomic E-state index is -3.81. The van der Waals surface area contributed by atoms with Gasteiger partial charge in [-0.1, -0.05) is 6.92 Å². The van der Waals surface area contributed by atoms with Crippen molar-refractivity contribution in [3.63, 3.8) is 0 Å². The molecule has 0 saturated heterocycles. The van der Waals surface area contributed by atoms with Crippen LogP contribution in [0.3, 0.4) is 0 Å². The average molecular weight is 360 g/mol. The van der Waals surface area contributed by atoms with Crippen LogP contribution in [0.5, 0.6) is 0 Å². The summed E-state index contributed by atoms with van der Waals surface area (Å²) >= 11 is 3.23. The number of hydrogen-bond donors (Lipinski definition) is 2. The van der Waals surface area contributed by atoms with Crippen LogP contribution in [-0.4, -0.2) is 23.2 Å². The van der Waals surface area contributed by atoms with Crippen molar-refractivity contribution in [3.05, 3.63) is 29.0 Å². The number of aryl methyl sites for hydroxylation is 1. The smallest absolute Gasteiger partial charge is 0.268 e. The van der Waals surface area contributed by atoms with Gasteiger partial charge in [-0.3, -0.25) is 9.40 Å². The summed E-state index contributed by atoms with van der Waals surface area (Å²) in [6, 6.07) is 3.38. The third-order valence-corrected chi connectivity index (χ3v) is 4.48. The van der Waals surface area contributed by atoms with Crippen LogP contribution in [-0.2, 0) is 16.6 Å². The summed E-state index contributed by atoms with van der Waals surface area (Å²) < 4.78 is 29.0. The third-order valence-electron chi connectivity index (χ3n) is 2.49. The number of nitrogens with two attached hydrogens (primary N) is 1. The number of aromatic nitrogens is 3. The maximum Gasteiger partial charge on any atom is 0.268 e. The molecule has 0 atom stereocenters. The van der Waals surface area contributed by atoms with E-state index < -0.39 is 10.0 Å². The van der Waals surface area contributed by atoms with Crippen molar-refractivity contribution in [1.29, 1.82) is 0 Å². The van der Waals surface area contributed by atoms with Gasteiger partial charge in [0, 0.05) is 18.9 Å². The van der Waals surface area contributed by atoms with Crippen LogP contribution in [0.2, 0.25) is 0 Å². The number of halogens is 1. The normalized spacial score (nSPS) is 11.5. The Hall–Kier alpha value is -1.61. The molecule has 0 unspecified atom stereocenters. The largest absolute Gasteiger partial charge is 0.381 e. The van der Waals surface area contributed by atoms with Crippen LogP contribution >= 0.6 is 15.9 Å². The van der Waals surface area contributed by atoms with Gasteiger partial charge in [0.25, 0.3) is 10.0 Å². The first-order chi connectivity index (χ1) is 9.44. The summed E-state index contributed by atoms with van der Waals surface area (Å²) in [6.45, 7) is 2.57. The molecule has 0 saturated carbocycles. The van der Waals surface area contributed by atoms with E-state index in [1.807, 2.05) is 6.92 Å². The molecule has 0 aliphatic carbocycles. The molecule has 3 N–H and O–H groups in total. The van der Waals surface area contributed by atoms with Crippen LogP contribution in [0.25, 0.3) is 0 Å². The molecule has 2 heterocycles. The second-order valence-corrected chi connectivity index (χ2v) is 6.59. The molecule has 0 aliphatic heterocycles. The van der Waals surface area contributed by atoms with E-state index in [1.54, 1.807) is 12.1 Å². The Kier molecular flexibility index (Phi) is 4.29. The molecule has 0 amide bonds. The van der Waals surface area contributed by atoms with E-state index in [4.69, 9.17) is 5.73 Å². The summed E-state index contributed by atoms with van der Waals surface area (Å²) in [5.74, 6) is 0.174. The maximum absolute atomic E-state index is 12.3. The van der Waals surface area contributed by atoms with E-state index in [-0.39, 0.29) is 16.5 Å². The van der Waals surface area contributed by atoms with E-state index in [0.717, 1.165) is 6.42 Å². The number of rotatable bonds is 5. The highest BCUT2D eigenvalue weighted by molar-refractivity contribution is 9.10. The summed E-state index contributed by atoms with van der Waals surface area (Å²) in [5.41, 5.74) is 5.67. The molecule has 0 aliphatic rings. The zero-order valence-corrected chi connectivity index (χ0v) is 13.1. The Morgan fingerprint density at radius 3 is 2.90 bits per heavy atom. The zero-order valence-electron chi connectivity index (χ0n) is 10.7. The lowest BCUT2D eigenvalue weighted by Crippen LogP contribution is -2.15. The van der Waals surface area contributed by atoms with E-state index in [9.17, 15) is 8.42 Å². The number of nitrogens with zero attached hydrogens (tertiary/aromatic N) is 3. The first-order valence-electron chi connectivity index (χ1n) is 5.90. The molecule has 0 radical (unpaired) electrons. The molecule has 0 bridgehead atoms. The first kappa shape index (κ1) is 14.8. The molecule has 2 aromatic rings. The van der Waals surface area contributed by atoms with E-state index in [2.05, 4.69) is 30.7 Å². The maximum atomic E-state index is 12.3. The molecular weight excluding hydrogens is 346 g/mol. The van der Waals surface area contributed by atoms with Crippen molar-refractivity contribution in [2.24, 2.45) is 0 Å². The lowest BCUT2D eigenvalue weighted by molar-refractivity contribution is 0.595. The molecule has 9 heteroatoms. The first-order valence-corrected chi connectivity index (χ1v) is 8.18. The topological polar surface area (TPSA) is 103 Å². The average Bonchev–Trinajstić information content (AvgIpc) is 2.74. The monoisotopic (exact) mass is 359 g/mol. The van der Waals surface area contributed by atoms with Crippen LogP contribution in [0, 0.1) is 0 Å². The molecule has 0 fully saturated rings. The molecule has 7 nitrogen and oxygen atoms in total. The van der Waals surface area contributed by atoms with Gasteiger partial charge in [0.15, 0.2) is 11.6 Å². The zero-order chi connectivity index (χ0) is 14.8. The van der Waals surface area contributed by atoms with Crippen molar-refractivity contribution >= 4 is 37.6 Å². The van der Waals surface area contributed by atoms with Crippen molar-refractivity contribution in [1.82, 2.24) is 14.8 Å². The SMILES string of the molecule is CCCn1cc(S(=O)(=O)Nc2ncccc2Br)c(N)n1. The molecular formula is C11H14BrN5O2S. The van der Waals surface area contributed by atoms with Gasteiger partial charge in [-0.25, -0.2) is 13.4 Å². The van der Waals surface area contributed by atoms with Crippen LogP contribution in [0.15, 0.2) is 33.9 Å². The van der Waals surface area contributed by atoms with Crippen molar-refractivity contribution in [2.45, 2.75) is 24.8 Å². The summed E-state index contributed by atoms with van der Waals surface area (Å²) in [6.07, 6.45) is 3.74. The number of sulfonamides is 1. The van der Waals surface area contributed by atoms with Gasteiger partial charge in [0.2, 0.25) is 0 Å². The highest BCUT2D eigenvalue weighted by Crippen LogP contribution is 2.24. The fraction of sp³-hybridized carbons (Fsp3) is 0.273. The van der Waals surface area contributed by atoms with Gasteiger partial charge in [-0.2, -0.15) is 5.10 Å². The third kappa shape index (κ3) is 3.10. The number of anilines is 2. The van der Waals surface area contributed by atoms with Crippen molar-refractivity contribution < 1.29 is 8.42 Å². The summed E-state index contributed by atoms with van der Waals surface area (Å²) in [5, 5.41) is 3.97. The molecule has 2 aromatic heterocycles. The van der Waals surface area contributed by atoms with E-state index >= 15 is 0 Å². The van der Waals surface area contributed by atoms with Crippen LogP contribution < -0.4 is 10.5 Å². The number of pyridine rings is 1. The summed E-state index contributed by atoms with van der Waals surface area (Å²) in [7, 11) is -3.81. The van der Waals surface area contributed by atoms with Gasteiger partial charge in [0.1, 0.15) is 4.90 Å². The number of nitrogen functional groups attached to an aromatic ring is 1. The number of nitrogens with one attached hydrogen (secondary N) is 1. The highest BCUT2D eigenvalue weighted by atomic mass is 79.9. The molecule has 0 spiro atoms. The summed E-state index contributed by atoms with van der Waals surface area (Å²) in [4.78, 5) is 3.90. The van der Waals surface area contributed by atoms with Crippen molar-refractivity contribution in [2.75, 3.05) is 10.5 Å². The predicted octanol–water partition coefficient (Wildman–Crippen LogP) is 1.83. The fourth-order valence-corrected chi connectivity index (χ4v) is 3.20.